The third kappa shape index (κ3) is 4.68. The first-order valence-corrected chi connectivity index (χ1v) is 10.9. The molecule has 0 saturated heterocycles. The number of amides is 1. The number of methoxy groups -OCH3 is 3. The van der Waals surface area contributed by atoms with E-state index in [0.29, 0.717) is 29.5 Å². The highest BCUT2D eigenvalue weighted by Crippen LogP contribution is 2.42. The number of ether oxygens (including phenoxy) is 5. The number of anilines is 1. The average Bonchev–Trinajstić information content (AvgIpc) is 3.31. The summed E-state index contributed by atoms with van der Waals surface area (Å²) in [5.41, 5.74) is 8.68. The summed E-state index contributed by atoms with van der Waals surface area (Å²) in [5, 5.41) is 4.31. The van der Waals surface area contributed by atoms with Gasteiger partial charge in [-0.15, -0.1) is 0 Å². The van der Waals surface area contributed by atoms with Crippen LogP contribution in [0.4, 0.5) is 5.69 Å². The van der Waals surface area contributed by atoms with Gasteiger partial charge >= 0.3 is 0 Å². The zero-order valence-corrected chi connectivity index (χ0v) is 19.5. The Bertz CT molecular complexity index is 1090. The summed E-state index contributed by atoms with van der Waals surface area (Å²) in [5.74, 6) is 8.28. The topological polar surface area (TPSA) is 131 Å². The third-order valence-corrected chi connectivity index (χ3v) is 6.10. The minimum absolute atomic E-state index is 0.0515. The lowest BCUT2D eigenvalue weighted by molar-refractivity contribution is -0.119. The van der Waals surface area contributed by atoms with Crippen molar-refractivity contribution in [3.8, 4) is 23.0 Å². The second-order valence-corrected chi connectivity index (χ2v) is 8.14. The van der Waals surface area contributed by atoms with Gasteiger partial charge in [-0.3, -0.25) is 9.80 Å². The van der Waals surface area contributed by atoms with Crippen molar-refractivity contribution in [1.29, 1.82) is 0 Å². The SMILES string of the molecule is COCC1CCc2cc3c(cc2C1NC(=O)/C(N)=C/N(N)c1ccc(OC)cc1OC)OCO3. The molecular weight excluding hydrogens is 440 g/mol. The summed E-state index contributed by atoms with van der Waals surface area (Å²) in [6, 6.07) is 8.75. The number of benzene rings is 2. The van der Waals surface area contributed by atoms with Gasteiger partial charge in [0.2, 0.25) is 6.79 Å². The van der Waals surface area contributed by atoms with E-state index in [9.17, 15) is 4.79 Å². The Balaban J connectivity index is 1.56. The van der Waals surface area contributed by atoms with E-state index in [1.165, 1.54) is 18.3 Å². The van der Waals surface area contributed by atoms with Crippen LogP contribution < -0.4 is 40.8 Å². The Morgan fingerprint density at radius 3 is 2.65 bits per heavy atom. The van der Waals surface area contributed by atoms with Crippen LogP contribution in [0.1, 0.15) is 23.6 Å². The summed E-state index contributed by atoms with van der Waals surface area (Å²) in [6.07, 6.45) is 3.06. The highest BCUT2D eigenvalue weighted by atomic mass is 16.7. The molecule has 2 atom stereocenters. The van der Waals surface area contributed by atoms with E-state index in [4.69, 9.17) is 35.3 Å². The molecule has 1 aliphatic carbocycles. The molecule has 0 saturated carbocycles. The maximum absolute atomic E-state index is 13.1. The number of hydrazine groups is 1. The minimum Gasteiger partial charge on any atom is -0.497 e. The quantitative estimate of drug-likeness (QED) is 0.301. The van der Waals surface area contributed by atoms with Crippen LogP contribution in [-0.2, 0) is 16.0 Å². The molecule has 2 unspecified atom stereocenters. The number of carbonyl (C=O) groups is 1. The zero-order valence-electron chi connectivity index (χ0n) is 19.5. The van der Waals surface area contributed by atoms with E-state index in [2.05, 4.69) is 5.32 Å². The van der Waals surface area contributed by atoms with Crippen molar-refractivity contribution < 1.29 is 28.5 Å². The zero-order chi connectivity index (χ0) is 24.2. The Morgan fingerprint density at radius 2 is 1.94 bits per heavy atom. The Kier molecular flexibility index (Phi) is 6.99. The van der Waals surface area contributed by atoms with E-state index >= 15 is 0 Å². The van der Waals surface area contributed by atoms with Crippen molar-refractivity contribution in [2.45, 2.75) is 18.9 Å². The highest BCUT2D eigenvalue weighted by Gasteiger charge is 2.33. The van der Waals surface area contributed by atoms with Gasteiger partial charge in [0.25, 0.3) is 5.91 Å². The van der Waals surface area contributed by atoms with Crippen LogP contribution >= 0.6 is 0 Å². The molecule has 182 valence electrons. The van der Waals surface area contributed by atoms with Crippen molar-refractivity contribution in [2.24, 2.45) is 17.5 Å². The number of nitrogens with two attached hydrogens (primary N) is 2. The number of carbonyl (C=O) groups excluding carboxylic acids is 1. The van der Waals surface area contributed by atoms with Crippen molar-refractivity contribution in [2.75, 3.05) is 39.7 Å². The van der Waals surface area contributed by atoms with Crippen LogP contribution in [0.2, 0.25) is 0 Å². The molecule has 4 rings (SSSR count). The van der Waals surface area contributed by atoms with Gasteiger partial charge in [-0.2, -0.15) is 0 Å². The molecular formula is C24H30N4O6. The number of hydrogen-bond donors (Lipinski definition) is 3. The predicted octanol–water partition coefficient (Wildman–Crippen LogP) is 1.98. The van der Waals surface area contributed by atoms with E-state index in [1.54, 1.807) is 32.4 Å². The standard InChI is InChI=1S/C24H30N4O6/c1-30-12-15-5-4-14-8-21-22(34-13-33-21)10-17(14)23(15)27-24(29)18(25)11-28(26)19-7-6-16(31-2)9-20(19)32-3/h6-11,15,23H,4-5,12-13,25-26H2,1-3H3,(H,27,29)/b18-11-. The summed E-state index contributed by atoms with van der Waals surface area (Å²) in [6.45, 7) is 0.683. The number of hydrogen-bond acceptors (Lipinski definition) is 9. The van der Waals surface area contributed by atoms with Crippen LogP contribution in [0.3, 0.4) is 0 Å². The number of nitrogens with zero attached hydrogens (tertiary/aromatic N) is 1. The summed E-state index contributed by atoms with van der Waals surface area (Å²) < 4.78 is 27.1. The van der Waals surface area contributed by atoms with Gasteiger partial charge in [0.05, 0.1) is 38.8 Å². The first-order valence-electron chi connectivity index (χ1n) is 10.9. The Morgan fingerprint density at radius 1 is 1.18 bits per heavy atom. The van der Waals surface area contributed by atoms with Crippen molar-refractivity contribution >= 4 is 11.6 Å². The van der Waals surface area contributed by atoms with E-state index in [0.717, 1.165) is 29.7 Å². The van der Waals surface area contributed by atoms with Gasteiger partial charge in [-0.25, -0.2) is 5.84 Å². The Hall–Kier alpha value is -3.63. The van der Waals surface area contributed by atoms with Gasteiger partial charge in [0, 0.05) is 19.1 Å². The van der Waals surface area contributed by atoms with Gasteiger partial charge in [0.15, 0.2) is 11.5 Å². The summed E-state index contributed by atoms with van der Waals surface area (Å²) in [7, 11) is 4.73. The van der Waals surface area contributed by atoms with Crippen molar-refractivity contribution in [3.63, 3.8) is 0 Å². The molecule has 0 spiro atoms. The molecule has 0 aromatic heterocycles. The average molecular weight is 471 g/mol. The predicted molar refractivity (Wildman–Crippen MR) is 126 cm³/mol. The molecule has 0 radical (unpaired) electrons. The molecule has 1 aliphatic heterocycles. The van der Waals surface area contributed by atoms with Crippen LogP contribution in [0.25, 0.3) is 0 Å². The first kappa shape index (κ1) is 23.5. The lowest BCUT2D eigenvalue weighted by Crippen LogP contribution is -2.41. The molecule has 1 amide bonds. The monoisotopic (exact) mass is 470 g/mol. The van der Waals surface area contributed by atoms with E-state index < -0.39 is 5.91 Å². The van der Waals surface area contributed by atoms with Crippen LogP contribution in [0.15, 0.2) is 42.2 Å². The summed E-state index contributed by atoms with van der Waals surface area (Å²) in [4.78, 5) is 13.1. The molecule has 5 N–H and O–H groups in total. The molecule has 10 nitrogen and oxygen atoms in total. The molecule has 0 bridgehead atoms. The lowest BCUT2D eigenvalue weighted by atomic mass is 9.79. The molecule has 2 aromatic carbocycles. The number of fused-ring (bicyclic) bond motifs is 2. The van der Waals surface area contributed by atoms with Crippen LogP contribution in [0, 0.1) is 5.92 Å². The summed E-state index contributed by atoms with van der Waals surface area (Å²) >= 11 is 0. The largest absolute Gasteiger partial charge is 0.497 e. The van der Waals surface area contributed by atoms with Gasteiger partial charge in [0.1, 0.15) is 17.2 Å². The fraction of sp³-hybridized carbons (Fsp3) is 0.375. The normalized spacial score (nSPS) is 18.8. The molecule has 10 heteroatoms. The van der Waals surface area contributed by atoms with Crippen molar-refractivity contribution in [3.05, 3.63) is 53.4 Å². The maximum atomic E-state index is 13.1. The molecule has 2 aromatic rings. The fourth-order valence-electron chi connectivity index (χ4n) is 4.36. The van der Waals surface area contributed by atoms with Gasteiger partial charge in [-0.05, 0) is 48.2 Å². The van der Waals surface area contributed by atoms with Crippen LogP contribution in [0.5, 0.6) is 23.0 Å². The minimum atomic E-state index is -0.445. The maximum Gasteiger partial charge on any atom is 0.269 e. The smallest absolute Gasteiger partial charge is 0.269 e. The second kappa shape index (κ2) is 10.1. The fourth-order valence-corrected chi connectivity index (χ4v) is 4.36. The lowest BCUT2D eigenvalue weighted by Gasteiger charge is -2.34. The second-order valence-electron chi connectivity index (χ2n) is 8.14. The van der Waals surface area contributed by atoms with Crippen LogP contribution in [-0.4, -0.2) is 40.6 Å². The van der Waals surface area contributed by atoms with E-state index in [1.807, 2.05) is 12.1 Å². The van der Waals surface area contributed by atoms with E-state index in [-0.39, 0.29) is 24.4 Å². The molecule has 0 fully saturated rings. The molecule has 1 heterocycles. The number of rotatable bonds is 8. The third-order valence-electron chi connectivity index (χ3n) is 6.10. The Labute approximate surface area is 198 Å². The van der Waals surface area contributed by atoms with Crippen molar-refractivity contribution in [1.82, 2.24) is 5.32 Å². The highest BCUT2D eigenvalue weighted by molar-refractivity contribution is 5.93. The molecule has 2 aliphatic rings. The number of nitrogens with one attached hydrogen (secondary N) is 1. The first-order chi connectivity index (χ1) is 16.4. The van der Waals surface area contributed by atoms with Gasteiger partial charge in [-0.1, -0.05) is 0 Å². The number of aryl methyl sites for hydroxylation is 1. The van der Waals surface area contributed by atoms with Gasteiger partial charge < -0.3 is 34.7 Å². The molecule has 34 heavy (non-hydrogen) atoms.